The van der Waals surface area contributed by atoms with E-state index in [1.807, 2.05) is 24.3 Å². The number of aromatic nitrogens is 1. The monoisotopic (exact) mass is 791 g/mol. The predicted molar refractivity (Wildman–Crippen MR) is 204 cm³/mol. The standard InChI is InChI=1S/C41H31Cl2N5O8/c42-31-13-24(19-45-37(31)43)21-55-30-11-9-27(10-12-30)36-39(50)46-32-15-28-16-34(48(41(53)54)20-29(28)17-35(32)56-36)38(49)47-33(40(51)52)14-22-1-5-25(6-2-22)26-7-3-23(18-44)4-8-26/h1-13,15,17,19,33-34,36H,14,16,20-21H2,(H,46,50)(H,47,49)(H,51,52)(H,53,54)/t33-,34?,36-/m0/s1. The first-order valence-electron chi connectivity index (χ1n) is 17.2. The van der Waals surface area contributed by atoms with Crippen LogP contribution >= 0.6 is 23.2 Å². The lowest BCUT2D eigenvalue weighted by Crippen LogP contribution is -2.55. The van der Waals surface area contributed by atoms with Crippen LogP contribution in [0.2, 0.25) is 10.2 Å². The fourth-order valence-electron chi connectivity index (χ4n) is 6.56. The summed E-state index contributed by atoms with van der Waals surface area (Å²) in [5, 5.41) is 35.1. The van der Waals surface area contributed by atoms with Gasteiger partial charge in [0.1, 0.15) is 35.3 Å². The molecule has 282 valence electrons. The Hall–Kier alpha value is -6.62. The highest BCUT2D eigenvalue weighted by atomic mass is 35.5. The SMILES string of the molecule is N#Cc1ccc(-c2ccc(C[C@H](NC(=O)C3Cc4cc5c(cc4CN3C(=O)O)O[C@@H](c3ccc(OCc4cnc(Cl)c(Cl)c4)cc3)C(=O)N5)C(=O)O)cc2)cc1. The van der Waals surface area contributed by atoms with Crippen molar-refractivity contribution in [3.8, 4) is 28.7 Å². The Morgan fingerprint density at radius 3 is 2.30 bits per heavy atom. The van der Waals surface area contributed by atoms with E-state index < -0.39 is 42.1 Å². The molecule has 3 heterocycles. The molecule has 13 nitrogen and oxygen atoms in total. The number of carbonyl (C=O) groups excluding carboxylic acids is 2. The Labute approximate surface area is 330 Å². The smallest absolute Gasteiger partial charge is 0.408 e. The molecule has 15 heteroatoms. The molecule has 4 N–H and O–H groups in total. The summed E-state index contributed by atoms with van der Waals surface area (Å²) in [5.41, 5.74) is 5.72. The second-order valence-electron chi connectivity index (χ2n) is 13.2. The Morgan fingerprint density at radius 2 is 1.66 bits per heavy atom. The minimum Gasteiger partial charge on any atom is -0.489 e. The van der Waals surface area contributed by atoms with Gasteiger partial charge in [0, 0.05) is 30.2 Å². The molecule has 0 bridgehead atoms. The number of hydrogen-bond acceptors (Lipinski definition) is 8. The molecule has 0 fully saturated rings. The first-order chi connectivity index (χ1) is 26.9. The van der Waals surface area contributed by atoms with Gasteiger partial charge in [-0.05, 0) is 70.3 Å². The summed E-state index contributed by atoms with van der Waals surface area (Å²) in [4.78, 5) is 56.5. The van der Waals surface area contributed by atoms with Crippen molar-refractivity contribution in [1.29, 1.82) is 5.26 Å². The number of nitriles is 1. The van der Waals surface area contributed by atoms with Gasteiger partial charge in [0.15, 0.2) is 0 Å². The van der Waals surface area contributed by atoms with Crippen molar-refractivity contribution < 1.29 is 38.9 Å². The van der Waals surface area contributed by atoms with Crippen LogP contribution in [0.3, 0.4) is 0 Å². The maximum Gasteiger partial charge on any atom is 0.408 e. The summed E-state index contributed by atoms with van der Waals surface area (Å²) < 4.78 is 11.9. The van der Waals surface area contributed by atoms with E-state index in [-0.39, 0.29) is 31.1 Å². The summed E-state index contributed by atoms with van der Waals surface area (Å²) in [7, 11) is 0. The lowest BCUT2D eigenvalue weighted by atomic mass is 9.92. The molecule has 0 saturated heterocycles. The van der Waals surface area contributed by atoms with E-state index >= 15 is 0 Å². The van der Waals surface area contributed by atoms with E-state index in [1.165, 1.54) is 0 Å². The highest BCUT2D eigenvalue weighted by molar-refractivity contribution is 6.41. The number of rotatable bonds is 10. The van der Waals surface area contributed by atoms with Crippen LogP contribution in [0.25, 0.3) is 11.1 Å². The summed E-state index contributed by atoms with van der Waals surface area (Å²) in [6, 6.07) is 25.4. The van der Waals surface area contributed by atoms with E-state index in [1.54, 1.807) is 72.9 Å². The molecule has 2 aliphatic heterocycles. The number of anilines is 1. The van der Waals surface area contributed by atoms with E-state index in [9.17, 15) is 29.4 Å². The third-order valence-electron chi connectivity index (χ3n) is 9.52. The molecule has 0 aliphatic carbocycles. The number of hydrogen-bond donors (Lipinski definition) is 4. The first-order valence-corrected chi connectivity index (χ1v) is 18.0. The van der Waals surface area contributed by atoms with Gasteiger partial charge in [-0.3, -0.25) is 14.5 Å². The second kappa shape index (κ2) is 16.0. The molecule has 0 radical (unpaired) electrons. The number of amides is 3. The third kappa shape index (κ3) is 8.22. The number of carbonyl (C=O) groups is 4. The van der Waals surface area contributed by atoms with E-state index in [0.29, 0.717) is 50.0 Å². The van der Waals surface area contributed by atoms with Crippen molar-refractivity contribution >= 4 is 52.8 Å². The fraction of sp³-hybridized carbons (Fsp3) is 0.171. The second-order valence-corrected chi connectivity index (χ2v) is 14.0. The van der Waals surface area contributed by atoms with Crippen LogP contribution in [0.5, 0.6) is 11.5 Å². The quantitative estimate of drug-likeness (QED) is 0.110. The molecular formula is C41H31Cl2N5O8. The molecule has 1 unspecified atom stereocenters. The highest BCUT2D eigenvalue weighted by Gasteiger charge is 2.38. The average molecular weight is 793 g/mol. The normalized spacial score (nSPS) is 16.2. The van der Waals surface area contributed by atoms with Gasteiger partial charge in [0.2, 0.25) is 12.0 Å². The molecule has 3 amide bonds. The Balaban J connectivity index is 1.02. The van der Waals surface area contributed by atoms with E-state index in [4.69, 9.17) is 37.9 Å². The molecule has 7 rings (SSSR count). The summed E-state index contributed by atoms with van der Waals surface area (Å²) in [6.07, 6.45) is -0.918. The van der Waals surface area contributed by atoms with Crippen LogP contribution < -0.4 is 20.1 Å². The molecule has 2 aliphatic rings. The predicted octanol–water partition coefficient (Wildman–Crippen LogP) is 6.80. The number of benzene rings is 4. The number of nitrogens with one attached hydrogen (secondary N) is 2. The molecule has 5 aromatic rings. The zero-order valence-corrected chi connectivity index (χ0v) is 30.8. The zero-order valence-electron chi connectivity index (χ0n) is 29.2. The lowest BCUT2D eigenvalue weighted by Gasteiger charge is -2.36. The van der Waals surface area contributed by atoms with Crippen molar-refractivity contribution in [2.75, 3.05) is 5.32 Å². The maximum atomic E-state index is 13.6. The van der Waals surface area contributed by atoms with Gasteiger partial charge in [0.05, 0.1) is 28.9 Å². The van der Waals surface area contributed by atoms with Crippen LogP contribution in [0.15, 0.2) is 97.2 Å². The molecule has 56 heavy (non-hydrogen) atoms. The summed E-state index contributed by atoms with van der Waals surface area (Å²) >= 11 is 11.9. The highest BCUT2D eigenvalue weighted by Crippen LogP contribution is 2.40. The number of ether oxygens (including phenoxy) is 2. The topological polar surface area (TPSA) is 191 Å². The number of fused-ring (bicyclic) bond motifs is 2. The van der Waals surface area contributed by atoms with Gasteiger partial charge < -0.3 is 30.3 Å². The minimum atomic E-state index is -1.36. The van der Waals surface area contributed by atoms with Crippen molar-refractivity contribution in [1.82, 2.24) is 15.2 Å². The van der Waals surface area contributed by atoms with Crippen LogP contribution in [0.4, 0.5) is 10.5 Å². The van der Waals surface area contributed by atoms with Gasteiger partial charge in [-0.1, -0.05) is 71.7 Å². The number of aliphatic carboxylic acids is 1. The number of carboxylic acids is 1. The Bertz CT molecular complexity index is 2380. The van der Waals surface area contributed by atoms with Crippen molar-refractivity contribution in [3.05, 3.63) is 141 Å². The van der Waals surface area contributed by atoms with Crippen molar-refractivity contribution in [2.45, 2.75) is 44.2 Å². The number of nitrogens with zero attached hydrogens (tertiary/aromatic N) is 3. The third-order valence-corrected chi connectivity index (χ3v) is 10.2. The number of halogens is 2. The molecule has 3 atom stereocenters. The number of carboxylic acid groups (broad SMARTS) is 2. The van der Waals surface area contributed by atoms with Gasteiger partial charge in [-0.15, -0.1) is 0 Å². The molecule has 1 aromatic heterocycles. The van der Waals surface area contributed by atoms with Crippen LogP contribution in [-0.4, -0.2) is 56.1 Å². The summed E-state index contributed by atoms with van der Waals surface area (Å²) in [5.74, 6) is -1.62. The van der Waals surface area contributed by atoms with Gasteiger partial charge in [-0.25, -0.2) is 14.6 Å². The van der Waals surface area contributed by atoms with Crippen molar-refractivity contribution in [3.63, 3.8) is 0 Å². The number of pyridine rings is 1. The molecular weight excluding hydrogens is 761 g/mol. The van der Waals surface area contributed by atoms with Crippen LogP contribution in [-0.2, 0) is 40.4 Å². The minimum absolute atomic E-state index is 0.0463. The van der Waals surface area contributed by atoms with Gasteiger partial charge in [-0.2, -0.15) is 5.26 Å². The van der Waals surface area contributed by atoms with Crippen LogP contribution in [0, 0.1) is 11.3 Å². The zero-order chi connectivity index (χ0) is 39.5. The van der Waals surface area contributed by atoms with E-state index in [2.05, 4.69) is 21.7 Å². The van der Waals surface area contributed by atoms with Gasteiger partial charge in [0.25, 0.3) is 5.91 Å². The van der Waals surface area contributed by atoms with Crippen molar-refractivity contribution in [2.24, 2.45) is 0 Å². The average Bonchev–Trinajstić information content (AvgIpc) is 3.20. The van der Waals surface area contributed by atoms with Gasteiger partial charge >= 0.3 is 12.1 Å². The largest absolute Gasteiger partial charge is 0.489 e. The maximum absolute atomic E-state index is 13.6. The van der Waals surface area contributed by atoms with E-state index in [0.717, 1.165) is 21.6 Å². The Kier molecular flexibility index (Phi) is 10.8. The van der Waals surface area contributed by atoms with Crippen LogP contribution in [0.1, 0.15) is 39.5 Å². The molecule has 0 spiro atoms. The Morgan fingerprint density at radius 1 is 0.964 bits per heavy atom. The molecule has 4 aromatic carbocycles. The first kappa shape index (κ1) is 37.7. The summed E-state index contributed by atoms with van der Waals surface area (Å²) in [6.45, 7) is 0.0162. The fourth-order valence-corrected chi connectivity index (χ4v) is 6.86. The lowest BCUT2D eigenvalue weighted by molar-refractivity contribution is -0.142. The molecule has 0 saturated carbocycles.